The number of nitrogens with zero attached hydrogens (tertiary/aromatic N) is 4. The number of amides is 1. The number of hydrogen-bond acceptors (Lipinski definition) is 5. The minimum absolute atomic E-state index is 0.298. The maximum absolute atomic E-state index is 12.5. The van der Waals surface area contributed by atoms with Gasteiger partial charge in [-0.2, -0.15) is 0 Å². The van der Waals surface area contributed by atoms with Crippen LogP contribution in [-0.2, 0) is 4.79 Å². The highest BCUT2D eigenvalue weighted by Crippen LogP contribution is 2.32. The van der Waals surface area contributed by atoms with E-state index in [1.54, 1.807) is 17.7 Å². The maximum atomic E-state index is 12.5. The van der Waals surface area contributed by atoms with Crippen LogP contribution in [0.3, 0.4) is 0 Å². The molecule has 0 aromatic carbocycles. The molecule has 1 saturated carbocycles. The summed E-state index contributed by atoms with van der Waals surface area (Å²) in [6.07, 6.45) is 6.06. The molecule has 3 heterocycles. The van der Waals surface area contributed by atoms with Crippen molar-refractivity contribution in [1.82, 2.24) is 14.9 Å². The van der Waals surface area contributed by atoms with Crippen LogP contribution in [0.15, 0.2) is 11.7 Å². The number of rotatable bonds is 2. The molecule has 0 radical (unpaired) electrons. The van der Waals surface area contributed by atoms with E-state index in [0.29, 0.717) is 11.8 Å². The largest absolute Gasteiger partial charge is 0.353 e. The Morgan fingerprint density at radius 1 is 1.17 bits per heavy atom. The van der Waals surface area contributed by atoms with Crippen LogP contribution >= 0.6 is 11.3 Å². The first-order valence-electron chi connectivity index (χ1n) is 8.46. The smallest absolute Gasteiger partial charge is 0.225 e. The summed E-state index contributed by atoms with van der Waals surface area (Å²) in [7, 11) is 0. The first-order valence-corrected chi connectivity index (χ1v) is 9.34. The number of carbonyl (C=O) groups is 1. The third-order valence-electron chi connectivity index (χ3n) is 5.07. The normalized spacial score (nSPS) is 19.7. The number of aromatic nitrogens is 2. The molecule has 0 unspecified atom stereocenters. The quantitative estimate of drug-likeness (QED) is 0.849. The summed E-state index contributed by atoms with van der Waals surface area (Å²) >= 11 is 1.72. The molecule has 1 aliphatic carbocycles. The topological polar surface area (TPSA) is 49.3 Å². The van der Waals surface area contributed by atoms with E-state index in [0.717, 1.165) is 56.8 Å². The van der Waals surface area contributed by atoms with E-state index in [9.17, 15) is 4.79 Å². The first-order chi connectivity index (χ1) is 11.2. The Kier molecular flexibility index (Phi) is 3.93. The van der Waals surface area contributed by atoms with Crippen molar-refractivity contribution in [2.45, 2.75) is 32.6 Å². The lowest BCUT2D eigenvalue weighted by Crippen LogP contribution is -2.41. The average Bonchev–Trinajstić information content (AvgIpc) is 2.73. The van der Waals surface area contributed by atoms with Crippen LogP contribution in [0.4, 0.5) is 5.82 Å². The van der Waals surface area contributed by atoms with Gasteiger partial charge in [0.05, 0.1) is 10.2 Å². The van der Waals surface area contributed by atoms with Gasteiger partial charge in [-0.3, -0.25) is 4.79 Å². The summed E-state index contributed by atoms with van der Waals surface area (Å²) in [5.41, 5.74) is 2.27. The number of hydrogen-bond donors (Lipinski definition) is 0. The Balaban J connectivity index is 1.52. The fraction of sp³-hybridized carbons (Fsp3) is 0.588. The number of carbonyl (C=O) groups excluding carboxylic acids is 1. The molecule has 0 spiro atoms. The molecule has 6 heteroatoms. The molecule has 2 fully saturated rings. The van der Waals surface area contributed by atoms with E-state index in [2.05, 4.69) is 32.1 Å². The van der Waals surface area contributed by atoms with Crippen molar-refractivity contribution in [2.75, 3.05) is 31.1 Å². The molecule has 2 aromatic rings. The molecule has 0 N–H and O–H groups in total. The van der Waals surface area contributed by atoms with Gasteiger partial charge in [0.25, 0.3) is 0 Å². The summed E-state index contributed by atoms with van der Waals surface area (Å²) in [5.74, 6) is 1.70. The SMILES string of the molecule is Cc1csc2c(N3CCCN(C(=O)C4CCC4)CC3)ncnc12. The zero-order valence-electron chi connectivity index (χ0n) is 13.5. The Morgan fingerprint density at radius 2 is 2.04 bits per heavy atom. The van der Waals surface area contributed by atoms with Gasteiger partial charge in [0.15, 0.2) is 0 Å². The van der Waals surface area contributed by atoms with Gasteiger partial charge in [0.1, 0.15) is 12.1 Å². The van der Waals surface area contributed by atoms with Crippen molar-refractivity contribution in [3.8, 4) is 0 Å². The molecule has 23 heavy (non-hydrogen) atoms. The third-order valence-corrected chi connectivity index (χ3v) is 6.16. The zero-order valence-corrected chi connectivity index (χ0v) is 14.3. The number of anilines is 1. The van der Waals surface area contributed by atoms with Crippen molar-refractivity contribution < 1.29 is 4.79 Å². The number of aryl methyl sites for hydroxylation is 1. The summed E-state index contributed by atoms with van der Waals surface area (Å²) in [5, 5.41) is 2.15. The Hall–Kier alpha value is -1.69. The van der Waals surface area contributed by atoms with Gasteiger partial charge in [-0.15, -0.1) is 11.3 Å². The minimum Gasteiger partial charge on any atom is -0.353 e. The molecule has 5 nitrogen and oxygen atoms in total. The molecule has 1 saturated heterocycles. The molecule has 0 bridgehead atoms. The Labute approximate surface area is 140 Å². The van der Waals surface area contributed by atoms with Crippen molar-refractivity contribution >= 4 is 33.3 Å². The summed E-state index contributed by atoms with van der Waals surface area (Å²) < 4.78 is 1.17. The van der Waals surface area contributed by atoms with Gasteiger partial charge in [-0.25, -0.2) is 9.97 Å². The van der Waals surface area contributed by atoms with Gasteiger partial charge in [0, 0.05) is 32.1 Å². The second kappa shape index (κ2) is 6.07. The van der Waals surface area contributed by atoms with Crippen LogP contribution in [0, 0.1) is 12.8 Å². The summed E-state index contributed by atoms with van der Waals surface area (Å²) in [4.78, 5) is 25.8. The summed E-state index contributed by atoms with van der Waals surface area (Å²) in [6, 6.07) is 0. The molecule has 0 atom stereocenters. The van der Waals surface area contributed by atoms with Crippen LogP contribution in [0.2, 0.25) is 0 Å². The van der Waals surface area contributed by atoms with E-state index in [1.165, 1.54) is 16.7 Å². The predicted octanol–water partition coefficient (Wildman–Crippen LogP) is 2.84. The Bertz CT molecular complexity index is 724. The monoisotopic (exact) mass is 330 g/mol. The third kappa shape index (κ3) is 2.69. The van der Waals surface area contributed by atoms with Crippen molar-refractivity contribution in [3.05, 3.63) is 17.3 Å². The van der Waals surface area contributed by atoms with E-state index >= 15 is 0 Å². The van der Waals surface area contributed by atoms with Gasteiger partial charge in [0.2, 0.25) is 5.91 Å². The second-order valence-corrected chi connectivity index (χ2v) is 7.47. The highest BCUT2D eigenvalue weighted by molar-refractivity contribution is 7.18. The second-order valence-electron chi connectivity index (χ2n) is 6.59. The molecule has 1 amide bonds. The lowest BCUT2D eigenvalue weighted by molar-refractivity contribution is -0.137. The molecule has 2 aromatic heterocycles. The Morgan fingerprint density at radius 3 is 2.83 bits per heavy atom. The molecular formula is C17H22N4OS. The predicted molar refractivity (Wildman–Crippen MR) is 92.9 cm³/mol. The van der Waals surface area contributed by atoms with Crippen LogP contribution < -0.4 is 4.90 Å². The average molecular weight is 330 g/mol. The highest BCUT2D eigenvalue weighted by Gasteiger charge is 2.30. The highest BCUT2D eigenvalue weighted by atomic mass is 32.1. The molecule has 2 aliphatic rings. The van der Waals surface area contributed by atoms with Gasteiger partial charge >= 0.3 is 0 Å². The lowest BCUT2D eigenvalue weighted by Gasteiger charge is -2.31. The van der Waals surface area contributed by atoms with Gasteiger partial charge in [-0.05, 0) is 37.1 Å². The fourth-order valence-electron chi connectivity index (χ4n) is 3.45. The molecule has 4 rings (SSSR count). The standard InChI is InChI=1S/C17H22N4OS/c1-12-10-23-15-14(12)18-11-19-16(15)20-6-3-7-21(9-8-20)17(22)13-4-2-5-13/h10-11,13H,2-9H2,1H3. The molecule has 1 aliphatic heterocycles. The van der Waals surface area contributed by atoms with Crippen molar-refractivity contribution in [1.29, 1.82) is 0 Å². The number of thiophene rings is 1. The van der Waals surface area contributed by atoms with Crippen LogP contribution in [0.1, 0.15) is 31.2 Å². The van der Waals surface area contributed by atoms with E-state index < -0.39 is 0 Å². The van der Waals surface area contributed by atoms with Crippen LogP contribution in [0.5, 0.6) is 0 Å². The first kappa shape index (κ1) is 14.9. The zero-order chi connectivity index (χ0) is 15.8. The molecule has 122 valence electrons. The van der Waals surface area contributed by atoms with Gasteiger partial charge in [-0.1, -0.05) is 6.42 Å². The van der Waals surface area contributed by atoms with E-state index in [1.807, 2.05) is 0 Å². The van der Waals surface area contributed by atoms with Crippen molar-refractivity contribution in [2.24, 2.45) is 5.92 Å². The van der Waals surface area contributed by atoms with Gasteiger partial charge < -0.3 is 9.80 Å². The minimum atomic E-state index is 0.298. The number of fused-ring (bicyclic) bond motifs is 1. The van der Waals surface area contributed by atoms with E-state index in [4.69, 9.17) is 0 Å². The maximum Gasteiger partial charge on any atom is 0.225 e. The molecular weight excluding hydrogens is 308 g/mol. The van der Waals surface area contributed by atoms with E-state index in [-0.39, 0.29) is 0 Å². The summed E-state index contributed by atoms with van der Waals surface area (Å²) in [6.45, 7) is 5.60. The fourth-order valence-corrected chi connectivity index (χ4v) is 4.46. The van der Waals surface area contributed by atoms with Crippen LogP contribution in [-0.4, -0.2) is 47.0 Å². The van der Waals surface area contributed by atoms with Crippen LogP contribution in [0.25, 0.3) is 10.2 Å². The lowest BCUT2D eigenvalue weighted by atomic mass is 9.84. The van der Waals surface area contributed by atoms with Crippen molar-refractivity contribution in [3.63, 3.8) is 0 Å².